The van der Waals surface area contributed by atoms with Crippen LogP contribution in [0, 0.1) is 18.3 Å². The van der Waals surface area contributed by atoms with E-state index in [0.717, 1.165) is 45.8 Å². The molecule has 0 spiro atoms. The van der Waals surface area contributed by atoms with E-state index in [1.807, 2.05) is 13.0 Å². The number of rotatable bonds is 8. The quantitative estimate of drug-likeness (QED) is 0.389. The van der Waals surface area contributed by atoms with E-state index < -0.39 is 31.1 Å². The Morgan fingerprint density at radius 3 is 2.73 bits per heavy atom. The Morgan fingerprint density at radius 1 is 1.29 bits per heavy atom. The van der Waals surface area contributed by atoms with E-state index in [2.05, 4.69) is 56.6 Å². The molecule has 0 saturated carbocycles. The van der Waals surface area contributed by atoms with Crippen molar-refractivity contribution in [2.24, 2.45) is 9.98 Å². The summed E-state index contributed by atoms with van der Waals surface area (Å²) in [6.45, 7) is 9.24. The Labute approximate surface area is 262 Å². The highest BCUT2D eigenvalue weighted by atomic mass is 19.1. The van der Waals surface area contributed by atoms with E-state index in [0.29, 0.717) is 28.8 Å². The molecule has 1 unspecified atom stereocenters. The summed E-state index contributed by atoms with van der Waals surface area (Å²) in [6, 6.07) is 6.29. The van der Waals surface area contributed by atoms with Gasteiger partial charge >= 0.3 is 0 Å². The van der Waals surface area contributed by atoms with Gasteiger partial charge in [-0.1, -0.05) is 12.2 Å². The van der Waals surface area contributed by atoms with Gasteiger partial charge in [-0.15, -0.1) is 0 Å². The molecule has 12 nitrogen and oxygen atoms in total. The second-order valence-corrected chi connectivity index (χ2v) is 12.5. The van der Waals surface area contributed by atoms with Crippen LogP contribution in [0.2, 0.25) is 0 Å². The fourth-order valence-corrected chi connectivity index (χ4v) is 6.37. The minimum atomic E-state index is -1.44. The minimum Gasteiger partial charge on any atom is -0.486 e. The number of aliphatic hydroxyl groups is 1. The van der Waals surface area contributed by atoms with Crippen molar-refractivity contribution in [1.82, 2.24) is 25.3 Å². The van der Waals surface area contributed by atoms with Crippen LogP contribution in [0.25, 0.3) is 0 Å². The van der Waals surface area contributed by atoms with Crippen molar-refractivity contribution in [2.75, 3.05) is 59.1 Å². The lowest BCUT2D eigenvalue weighted by atomic mass is 9.92. The van der Waals surface area contributed by atoms with Crippen LogP contribution in [0.4, 0.5) is 4.39 Å². The van der Waals surface area contributed by atoms with Crippen molar-refractivity contribution < 1.29 is 23.8 Å². The zero-order chi connectivity index (χ0) is 31.6. The van der Waals surface area contributed by atoms with Gasteiger partial charge in [0, 0.05) is 55.9 Å². The maximum absolute atomic E-state index is 14.9. The summed E-state index contributed by atoms with van der Waals surface area (Å²) in [4.78, 5) is 27.3. The molecule has 0 aromatic heterocycles. The average Bonchev–Trinajstić information content (AvgIpc) is 3.02. The molecule has 0 bridgehead atoms. The van der Waals surface area contributed by atoms with Crippen LogP contribution < -0.4 is 15.4 Å². The average molecular weight is 621 g/mol. The molecule has 0 radical (unpaired) electrons. The number of hydrogen-bond donors (Lipinski definition) is 3. The highest BCUT2D eigenvalue weighted by Gasteiger charge is 2.34. The standard InChI is InChI=1S/C32H41FN8O4/c1-21-13-22(14-23(15-34)29(21)45-27-5-8-41(16-26(27)33)28(43)17-42)30-35-20-36-31(37-30)38-32(2)6-3-24(4-7-32)39-9-11-40(12-10-39)25-18-44-19-25/h3-4,6,13-14,20,25-27,31,38,42H,5,7-12,16-19H2,1-2H3,(H,35,36,37)/t26-,27+,31?,32+/m1/s1. The molecule has 1 aromatic rings. The van der Waals surface area contributed by atoms with Crippen LogP contribution >= 0.6 is 0 Å². The van der Waals surface area contributed by atoms with Crippen molar-refractivity contribution in [3.8, 4) is 11.8 Å². The van der Waals surface area contributed by atoms with Gasteiger partial charge in [-0.25, -0.2) is 14.4 Å². The third-order valence-electron chi connectivity index (χ3n) is 9.21. The van der Waals surface area contributed by atoms with Gasteiger partial charge in [-0.2, -0.15) is 5.26 Å². The number of nitrogens with one attached hydrogen (secondary N) is 2. The van der Waals surface area contributed by atoms with Crippen LogP contribution in [-0.2, 0) is 9.53 Å². The normalized spacial score (nSPS) is 28.9. The molecule has 13 heteroatoms. The van der Waals surface area contributed by atoms with E-state index in [-0.39, 0.29) is 30.6 Å². The number of piperazine rings is 1. The number of amides is 1. The number of halogens is 1. The molecule has 6 rings (SSSR count). The van der Waals surface area contributed by atoms with Crippen molar-refractivity contribution in [1.29, 1.82) is 5.26 Å². The number of piperidine rings is 1. The molecule has 4 aliphatic heterocycles. The summed E-state index contributed by atoms with van der Waals surface area (Å²) in [6.07, 6.45) is 6.54. The van der Waals surface area contributed by atoms with Gasteiger partial charge in [0.1, 0.15) is 30.4 Å². The lowest BCUT2D eigenvalue weighted by molar-refractivity contribution is -0.138. The number of allylic oxidation sites excluding steroid dienone is 1. The third-order valence-corrected chi connectivity index (χ3v) is 9.21. The molecule has 1 aromatic carbocycles. The van der Waals surface area contributed by atoms with Gasteiger partial charge in [0.05, 0.1) is 37.7 Å². The first-order chi connectivity index (χ1) is 21.7. The van der Waals surface area contributed by atoms with Gasteiger partial charge in [-0.3, -0.25) is 15.0 Å². The lowest BCUT2D eigenvalue weighted by Crippen LogP contribution is -2.56. The fraction of sp³-hybridized carbons (Fsp3) is 0.562. The number of carbonyl (C=O) groups excluding carboxylic acids is 1. The van der Waals surface area contributed by atoms with Gasteiger partial charge in [0.25, 0.3) is 0 Å². The Kier molecular flexibility index (Phi) is 9.18. The maximum atomic E-state index is 14.9. The molecule has 4 heterocycles. The van der Waals surface area contributed by atoms with E-state index in [1.165, 1.54) is 10.6 Å². The molecular weight excluding hydrogens is 579 g/mol. The maximum Gasteiger partial charge on any atom is 0.248 e. The predicted molar refractivity (Wildman–Crippen MR) is 167 cm³/mol. The summed E-state index contributed by atoms with van der Waals surface area (Å²) < 4.78 is 26.3. The van der Waals surface area contributed by atoms with E-state index in [1.54, 1.807) is 12.4 Å². The predicted octanol–water partition coefficient (Wildman–Crippen LogP) is 1.05. The third kappa shape index (κ3) is 6.89. The number of ether oxygens (including phenoxy) is 2. The number of carbonyl (C=O) groups is 1. The zero-order valence-corrected chi connectivity index (χ0v) is 25.8. The Bertz CT molecular complexity index is 1440. The zero-order valence-electron chi connectivity index (χ0n) is 25.8. The van der Waals surface area contributed by atoms with Crippen LogP contribution in [-0.4, -0.2) is 127 Å². The first-order valence-electron chi connectivity index (χ1n) is 15.6. The van der Waals surface area contributed by atoms with E-state index >= 15 is 0 Å². The first-order valence-corrected chi connectivity index (χ1v) is 15.6. The van der Waals surface area contributed by atoms with E-state index in [4.69, 9.17) is 19.6 Å². The fourth-order valence-electron chi connectivity index (χ4n) is 6.37. The lowest BCUT2D eigenvalue weighted by Gasteiger charge is -2.44. The number of nitriles is 1. The smallest absolute Gasteiger partial charge is 0.248 e. The summed E-state index contributed by atoms with van der Waals surface area (Å²) in [5.74, 6) is 0.365. The van der Waals surface area contributed by atoms with Gasteiger partial charge in [-0.05, 0) is 44.0 Å². The summed E-state index contributed by atoms with van der Waals surface area (Å²) in [7, 11) is 0. The molecule has 3 saturated heterocycles. The Hall–Kier alpha value is -3.83. The largest absolute Gasteiger partial charge is 0.486 e. The molecular formula is C32H41FN8O4. The second kappa shape index (κ2) is 13.3. The number of aliphatic hydroxyl groups excluding tert-OH is 1. The number of likely N-dealkylation sites (tertiary alicyclic amines) is 1. The van der Waals surface area contributed by atoms with Crippen molar-refractivity contribution in [2.45, 2.75) is 56.8 Å². The number of aryl methyl sites for hydroxylation is 1. The summed E-state index contributed by atoms with van der Waals surface area (Å²) in [5, 5.41) is 25.7. The Morgan fingerprint density at radius 2 is 2.09 bits per heavy atom. The molecule has 3 fully saturated rings. The number of nitrogens with zero attached hydrogens (tertiary/aromatic N) is 6. The van der Waals surface area contributed by atoms with Gasteiger partial charge in [0.15, 0.2) is 12.5 Å². The summed E-state index contributed by atoms with van der Waals surface area (Å²) >= 11 is 0. The molecule has 5 aliphatic rings. The van der Waals surface area contributed by atoms with Crippen LogP contribution in [0.15, 0.2) is 46.0 Å². The molecule has 45 heavy (non-hydrogen) atoms. The van der Waals surface area contributed by atoms with E-state index in [9.17, 15) is 14.4 Å². The minimum absolute atomic E-state index is 0.156. The summed E-state index contributed by atoms with van der Waals surface area (Å²) in [5.41, 5.74) is 2.54. The van der Waals surface area contributed by atoms with Crippen molar-refractivity contribution in [3.63, 3.8) is 0 Å². The number of amidine groups is 1. The molecule has 1 amide bonds. The van der Waals surface area contributed by atoms with Crippen LogP contribution in [0.3, 0.4) is 0 Å². The number of aliphatic imine (C=N–C) groups is 2. The highest BCUT2D eigenvalue weighted by molar-refractivity contribution is 6.05. The monoisotopic (exact) mass is 620 g/mol. The SMILES string of the molecule is Cc1cc(C2=NC(N[C@@]3(C)C=CC(N4CCN(C5COC5)CC4)=CC3)N=CN2)cc(C#N)c1O[C@H]1CCN(C(=O)CO)C[C@H]1F. The molecule has 4 atom stereocenters. The first kappa shape index (κ1) is 31.2. The van der Waals surface area contributed by atoms with Gasteiger partial charge < -0.3 is 29.7 Å². The second-order valence-electron chi connectivity index (χ2n) is 12.5. The Balaban J connectivity index is 1.08. The topological polar surface area (TPSA) is 138 Å². The number of benzene rings is 1. The molecule has 240 valence electrons. The molecule has 1 aliphatic carbocycles. The number of hydrogen-bond acceptors (Lipinski definition) is 11. The van der Waals surface area contributed by atoms with Crippen LogP contribution in [0.5, 0.6) is 5.75 Å². The van der Waals surface area contributed by atoms with Crippen molar-refractivity contribution in [3.05, 3.63) is 52.7 Å². The number of alkyl halides is 1. The van der Waals surface area contributed by atoms with Crippen LogP contribution in [0.1, 0.15) is 36.5 Å². The van der Waals surface area contributed by atoms with Gasteiger partial charge in [0.2, 0.25) is 5.91 Å². The molecule has 3 N–H and O–H groups in total. The van der Waals surface area contributed by atoms with Crippen molar-refractivity contribution >= 4 is 18.1 Å². The highest BCUT2D eigenvalue weighted by Crippen LogP contribution is 2.30.